The second kappa shape index (κ2) is 8.87. The van der Waals surface area contributed by atoms with Crippen LogP contribution in [-0.4, -0.2) is 26.1 Å². The van der Waals surface area contributed by atoms with Crippen molar-refractivity contribution >= 4 is 21.2 Å². The van der Waals surface area contributed by atoms with E-state index < -0.39 is 14.8 Å². The molecule has 0 spiro atoms. The van der Waals surface area contributed by atoms with Crippen LogP contribution in [0.2, 0.25) is 0 Å². The molecule has 7 heteroatoms. The van der Waals surface area contributed by atoms with Gasteiger partial charge in [0, 0.05) is 24.8 Å². The second-order valence-corrected chi connectivity index (χ2v) is 8.81. The van der Waals surface area contributed by atoms with Crippen molar-refractivity contribution in [2.75, 3.05) is 18.1 Å². The Morgan fingerprint density at radius 1 is 0.931 bits per heavy atom. The molecule has 0 aliphatic rings. The van der Waals surface area contributed by atoms with Crippen LogP contribution in [0.4, 0.5) is 11.4 Å². The van der Waals surface area contributed by atoms with E-state index in [2.05, 4.69) is 29.6 Å². The zero-order valence-corrected chi connectivity index (χ0v) is 16.8. The van der Waals surface area contributed by atoms with E-state index in [4.69, 9.17) is 0 Å². The largest absolute Gasteiger partial charge is 0.379 e. The van der Waals surface area contributed by atoms with Crippen molar-refractivity contribution < 1.29 is 13.3 Å². The number of hydrogen-bond acceptors (Lipinski definition) is 5. The molecule has 0 fully saturated rings. The summed E-state index contributed by atoms with van der Waals surface area (Å²) in [6.45, 7) is 0.494. The van der Waals surface area contributed by atoms with E-state index in [9.17, 15) is 18.5 Å². The van der Waals surface area contributed by atoms with Crippen LogP contribution < -0.4 is 5.32 Å². The Labute approximate surface area is 170 Å². The molecule has 0 saturated heterocycles. The van der Waals surface area contributed by atoms with E-state index >= 15 is 0 Å². The minimum absolute atomic E-state index is 0.0683. The third-order valence-electron chi connectivity index (χ3n) is 4.75. The molecule has 29 heavy (non-hydrogen) atoms. The van der Waals surface area contributed by atoms with Gasteiger partial charge >= 0.3 is 0 Å². The normalized spacial score (nSPS) is 11.4. The molecule has 6 nitrogen and oxygen atoms in total. The predicted molar refractivity (Wildman–Crippen MR) is 114 cm³/mol. The summed E-state index contributed by atoms with van der Waals surface area (Å²) in [4.78, 5) is 10.8. The quantitative estimate of drug-likeness (QED) is 0.432. The number of rotatable bonds is 8. The van der Waals surface area contributed by atoms with Crippen LogP contribution >= 0.6 is 0 Å². The summed E-state index contributed by atoms with van der Waals surface area (Å²) in [5.74, 6) is 0.138. The number of nitrogens with zero attached hydrogens (tertiary/aromatic N) is 1. The summed E-state index contributed by atoms with van der Waals surface area (Å²) in [5.41, 5.74) is 2.40. The fourth-order valence-corrected chi connectivity index (χ4v) is 3.93. The fourth-order valence-electron chi connectivity index (χ4n) is 3.29. The lowest BCUT2D eigenvalue weighted by Crippen LogP contribution is -2.11. The van der Waals surface area contributed by atoms with Crippen LogP contribution in [0.5, 0.6) is 0 Å². The van der Waals surface area contributed by atoms with Gasteiger partial charge in [-0.1, -0.05) is 60.7 Å². The van der Waals surface area contributed by atoms with Crippen molar-refractivity contribution in [2.24, 2.45) is 0 Å². The van der Waals surface area contributed by atoms with E-state index in [1.165, 1.54) is 23.3 Å². The molecule has 0 heterocycles. The molecule has 0 unspecified atom stereocenters. The van der Waals surface area contributed by atoms with Crippen molar-refractivity contribution in [1.82, 2.24) is 0 Å². The number of nitrogens with one attached hydrogen (secondary N) is 1. The molecule has 3 aromatic carbocycles. The van der Waals surface area contributed by atoms with Crippen LogP contribution in [0.15, 0.2) is 83.8 Å². The summed E-state index contributed by atoms with van der Waals surface area (Å²) in [7, 11) is -3.51. The molecule has 0 aromatic heterocycles. The third kappa shape index (κ3) is 5.20. The highest BCUT2D eigenvalue weighted by atomic mass is 32.2. The number of sulfone groups is 1. The smallest absolute Gasteiger partial charge is 0.293 e. The maximum Gasteiger partial charge on any atom is 0.293 e. The van der Waals surface area contributed by atoms with Gasteiger partial charge in [0.25, 0.3) is 5.69 Å². The van der Waals surface area contributed by atoms with Gasteiger partial charge in [-0.05, 0) is 29.7 Å². The van der Waals surface area contributed by atoms with Crippen molar-refractivity contribution in [3.63, 3.8) is 0 Å². The number of benzene rings is 3. The summed E-state index contributed by atoms with van der Waals surface area (Å²) < 4.78 is 23.4. The molecule has 0 bridgehead atoms. The Balaban J connectivity index is 1.80. The highest BCUT2D eigenvalue weighted by Crippen LogP contribution is 2.30. The number of hydrogen-bond donors (Lipinski definition) is 1. The monoisotopic (exact) mass is 410 g/mol. The van der Waals surface area contributed by atoms with Gasteiger partial charge in [-0.25, -0.2) is 8.42 Å². The van der Waals surface area contributed by atoms with Crippen molar-refractivity contribution in [2.45, 2.75) is 17.2 Å². The molecular weight excluding hydrogens is 388 g/mol. The average Bonchev–Trinajstić information content (AvgIpc) is 2.71. The highest BCUT2D eigenvalue weighted by Gasteiger charge is 2.19. The minimum atomic E-state index is -3.51. The first-order chi connectivity index (χ1) is 13.9. The fraction of sp³-hybridized carbons (Fsp3) is 0.182. The lowest BCUT2D eigenvalue weighted by molar-refractivity contribution is -0.384. The van der Waals surface area contributed by atoms with E-state index in [-0.39, 0.29) is 16.5 Å². The zero-order valence-electron chi connectivity index (χ0n) is 16.0. The van der Waals surface area contributed by atoms with Crippen LogP contribution in [0, 0.1) is 10.1 Å². The molecule has 3 aromatic rings. The molecule has 0 saturated carbocycles. The maximum absolute atomic E-state index is 11.7. The van der Waals surface area contributed by atoms with E-state index in [1.807, 2.05) is 36.4 Å². The topological polar surface area (TPSA) is 89.3 Å². The van der Waals surface area contributed by atoms with Gasteiger partial charge in [-0.3, -0.25) is 10.1 Å². The summed E-state index contributed by atoms with van der Waals surface area (Å²) in [5, 5.41) is 14.5. The lowest BCUT2D eigenvalue weighted by atomic mass is 9.88. The Bertz CT molecular complexity index is 1040. The Kier molecular flexibility index (Phi) is 6.29. The molecule has 0 radical (unpaired) electrons. The van der Waals surface area contributed by atoms with Gasteiger partial charge in [0.1, 0.15) is 5.69 Å². The Morgan fingerprint density at radius 2 is 1.48 bits per heavy atom. The molecule has 150 valence electrons. The molecular formula is C22H22N2O4S. The van der Waals surface area contributed by atoms with E-state index in [1.54, 1.807) is 0 Å². The van der Waals surface area contributed by atoms with Crippen LogP contribution in [0.25, 0.3) is 0 Å². The molecule has 0 aliphatic heterocycles. The van der Waals surface area contributed by atoms with Gasteiger partial charge in [0.05, 0.1) is 9.82 Å². The SMILES string of the molecule is CS(=O)(=O)c1ccc(NCCC(c2ccccc2)c2ccccc2)c([N+](=O)[O-])c1. The van der Waals surface area contributed by atoms with Crippen LogP contribution in [0.3, 0.4) is 0 Å². The zero-order chi connectivity index (χ0) is 20.9. The summed E-state index contributed by atoms with van der Waals surface area (Å²) in [6, 6.07) is 24.1. The van der Waals surface area contributed by atoms with Gasteiger partial charge < -0.3 is 5.32 Å². The first-order valence-corrected chi connectivity index (χ1v) is 11.1. The first kappa shape index (κ1) is 20.5. The molecule has 0 amide bonds. The van der Waals surface area contributed by atoms with E-state index in [0.29, 0.717) is 12.2 Å². The van der Waals surface area contributed by atoms with Crippen molar-refractivity contribution in [3.05, 3.63) is 100 Å². The van der Waals surface area contributed by atoms with Gasteiger partial charge in [0.2, 0.25) is 0 Å². The third-order valence-corrected chi connectivity index (χ3v) is 5.86. The van der Waals surface area contributed by atoms with Crippen molar-refractivity contribution in [3.8, 4) is 0 Å². The summed E-state index contributed by atoms with van der Waals surface area (Å²) >= 11 is 0. The molecule has 3 rings (SSSR count). The Morgan fingerprint density at radius 3 is 1.97 bits per heavy atom. The number of anilines is 1. The first-order valence-electron chi connectivity index (χ1n) is 9.18. The van der Waals surface area contributed by atoms with Gasteiger partial charge in [0.15, 0.2) is 9.84 Å². The predicted octanol–water partition coefficient (Wildman–Crippen LogP) is 4.63. The number of nitro benzene ring substituents is 1. The highest BCUT2D eigenvalue weighted by molar-refractivity contribution is 7.90. The second-order valence-electron chi connectivity index (χ2n) is 6.80. The standard InChI is InChI=1S/C22H22N2O4S/c1-29(27,28)19-12-13-21(22(16-19)24(25)26)23-15-14-20(17-8-4-2-5-9-17)18-10-6-3-7-11-18/h2-13,16,20,23H,14-15H2,1H3. The minimum Gasteiger partial charge on any atom is -0.379 e. The number of nitro groups is 1. The maximum atomic E-state index is 11.7. The molecule has 0 aliphatic carbocycles. The lowest BCUT2D eigenvalue weighted by Gasteiger charge is -2.19. The molecule has 0 atom stereocenters. The molecule has 1 N–H and O–H groups in total. The summed E-state index contributed by atoms with van der Waals surface area (Å²) in [6.07, 6.45) is 1.75. The van der Waals surface area contributed by atoms with E-state index in [0.717, 1.165) is 18.7 Å². The van der Waals surface area contributed by atoms with Gasteiger partial charge in [-0.2, -0.15) is 0 Å². The van der Waals surface area contributed by atoms with Crippen LogP contribution in [0.1, 0.15) is 23.5 Å². The van der Waals surface area contributed by atoms with Crippen molar-refractivity contribution in [1.29, 1.82) is 0 Å². The van der Waals surface area contributed by atoms with Gasteiger partial charge in [-0.15, -0.1) is 0 Å². The van der Waals surface area contributed by atoms with Crippen LogP contribution in [-0.2, 0) is 9.84 Å². The Hall–Kier alpha value is -3.19. The average molecular weight is 410 g/mol.